The van der Waals surface area contributed by atoms with Gasteiger partial charge < -0.3 is 19.5 Å². The lowest BCUT2D eigenvalue weighted by Gasteiger charge is -2.21. The van der Waals surface area contributed by atoms with E-state index in [4.69, 9.17) is 14.2 Å². The number of rotatable bonds is 7. The Morgan fingerprint density at radius 1 is 1.33 bits per heavy atom. The molecule has 0 atom stereocenters. The number of aromatic nitrogens is 1. The topological polar surface area (TPSA) is 82.0 Å². The first-order valence-electron chi connectivity index (χ1n) is 7.06. The zero-order valence-corrected chi connectivity index (χ0v) is 13.3. The minimum atomic E-state index is -0.859. The maximum atomic E-state index is 13.9. The van der Waals surface area contributed by atoms with Crippen LogP contribution in [-0.2, 0) is 19.0 Å². The number of ether oxygens (including phenoxy) is 3. The third kappa shape index (κ3) is 4.33. The molecule has 0 amide bonds. The number of carbonyl (C=O) groups is 1. The highest BCUT2D eigenvalue weighted by Crippen LogP contribution is 2.15. The second-order valence-electron chi connectivity index (χ2n) is 4.77. The number of hydrogen-bond acceptors (Lipinski definition) is 7. The highest BCUT2D eigenvalue weighted by Gasteiger charge is 2.24. The van der Waals surface area contributed by atoms with Gasteiger partial charge in [-0.3, -0.25) is 4.99 Å². The molecule has 0 radical (unpaired) electrons. The van der Waals surface area contributed by atoms with Crippen molar-refractivity contribution in [1.29, 1.82) is 0 Å². The Kier molecular flexibility index (Phi) is 6.33. The summed E-state index contributed by atoms with van der Waals surface area (Å²) in [7, 11) is 2.79. The highest BCUT2D eigenvalue weighted by atomic mass is 19.1. The SMILES string of the molecule is COCCOCC1=C(C(=O)OC)CN=C(c2ncc(F)cc2F)N1. The number of amidine groups is 1. The fourth-order valence-electron chi connectivity index (χ4n) is 1.98. The average molecular weight is 341 g/mol. The van der Waals surface area contributed by atoms with Crippen LogP contribution in [0, 0.1) is 11.6 Å². The first-order chi connectivity index (χ1) is 11.6. The summed E-state index contributed by atoms with van der Waals surface area (Å²) < 4.78 is 41.8. The molecule has 1 aromatic rings. The van der Waals surface area contributed by atoms with Crippen molar-refractivity contribution in [3.05, 3.63) is 40.9 Å². The van der Waals surface area contributed by atoms with Crippen molar-refractivity contribution in [3.63, 3.8) is 0 Å². The van der Waals surface area contributed by atoms with E-state index < -0.39 is 17.6 Å². The lowest BCUT2D eigenvalue weighted by atomic mass is 10.1. The van der Waals surface area contributed by atoms with E-state index in [-0.39, 0.29) is 30.3 Å². The van der Waals surface area contributed by atoms with E-state index >= 15 is 0 Å². The van der Waals surface area contributed by atoms with Gasteiger partial charge in [-0.1, -0.05) is 0 Å². The van der Waals surface area contributed by atoms with Crippen molar-refractivity contribution in [2.24, 2.45) is 4.99 Å². The van der Waals surface area contributed by atoms with E-state index in [1.165, 1.54) is 14.2 Å². The number of nitrogens with zero attached hydrogens (tertiary/aromatic N) is 2. The van der Waals surface area contributed by atoms with Gasteiger partial charge in [0, 0.05) is 13.2 Å². The molecule has 0 aromatic carbocycles. The number of pyridine rings is 1. The van der Waals surface area contributed by atoms with Gasteiger partial charge in [0.05, 0.1) is 50.9 Å². The second-order valence-corrected chi connectivity index (χ2v) is 4.77. The van der Waals surface area contributed by atoms with Gasteiger partial charge >= 0.3 is 5.97 Å². The first kappa shape index (κ1) is 18.0. The van der Waals surface area contributed by atoms with E-state index in [1.807, 2.05) is 0 Å². The Balaban J connectivity index is 2.19. The van der Waals surface area contributed by atoms with Gasteiger partial charge in [0.2, 0.25) is 0 Å². The highest BCUT2D eigenvalue weighted by molar-refractivity contribution is 6.02. The molecule has 24 heavy (non-hydrogen) atoms. The quantitative estimate of drug-likeness (QED) is 0.584. The lowest BCUT2D eigenvalue weighted by molar-refractivity contribution is -0.136. The molecule has 0 aliphatic carbocycles. The summed E-state index contributed by atoms with van der Waals surface area (Å²) in [5.74, 6) is -2.13. The summed E-state index contributed by atoms with van der Waals surface area (Å²) in [4.78, 5) is 19.6. The number of halogens is 2. The minimum absolute atomic E-state index is 0.0313. The van der Waals surface area contributed by atoms with Crippen LogP contribution in [-0.4, -0.2) is 57.4 Å². The molecular formula is C15H17F2N3O4. The van der Waals surface area contributed by atoms with E-state index in [9.17, 15) is 13.6 Å². The van der Waals surface area contributed by atoms with Crippen molar-refractivity contribution < 1.29 is 27.8 Å². The van der Waals surface area contributed by atoms with Gasteiger partial charge in [-0.05, 0) is 0 Å². The molecule has 1 N–H and O–H groups in total. The van der Waals surface area contributed by atoms with Crippen LogP contribution in [0.5, 0.6) is 0 Å². The van der Waals surface area contributed by atoms with E-state index in [0.717, 1.165) is 6.20 Å². The van der Waals surface area contributed by atoms with Crippen molar-refractivity contribution in [2.45, 2.75) is 0 Å². The summed E-state index contributed by atoms with van der Waals surface area (Å²) in [6.07, 6.45) is 0.886. The Hall–Kier alpha value is -2.39. The van der Waals surface area contributed by atoms with E-state index in [1.54, 1.807) is 0 Å². The number of aliphatic imine (C=N–C) groups is 1. The third-order valence-corrected chi connectivity index (χ3v) is 3.17. The number of hydrogen-bond donors (Lipinski definition) is 1. The van der Waals surface area contributed by atoms with Gasteiger partial charge in [-0.2, -0.15) is 0 Å². The molecule has 1 aliphatic heterocycles. The molecular weight excluding hydrogens is 324 g/mol. The molecule has 0 bridgehead atoms. The maximum Gasteiger partial charge on any atom is 0.337 e. The normalized spacial score (nSPS) is 14.2. The molecule has 1 aliphatic rings. The maximum absolute atomic E-state index is 13.9. The summed E-state index contributed by atoms with van der Waals surface area (Å²) >= 11 is 0. The second kappa shape index (κ2) is 8.46. The smallest absolute Gasteiger partial charge is 0.337 e. The van der Waals surface area contributed by atoms with Gasteiger partial charge in [0.1, 0.15) is 11.5 Å². The van der Waals surface area contributed by atoms with Crippen LogP contribution in [0.15, 0.2) is 28.5 Å². The molecule has 130 valence electrons. The van der Waals surface area contributed by atoms with Crippen LogP contribution >= 0.6 is 0 Å². The van der Waals surface area contributed by atoms with Gasteiger partial charge in [0.25, 0.3) is 0 Å². The largest absolute Gasteiger partial charge is 0.466 e. The van der Waals surface area contributed by atoms with Crippen LogP contribution in [0.3, 0.4) is 0 Å². The number of nitrogens with one attached hydrogen (secondary N) is 1. The zero-order valence-electron chi connectivity index (χ0n) is 13.3. The number of esters is 1. The molecule has 0 saturated carbocycles. The van der Waals surface area contributed by atoms with E-state index in [0.29, 0.717) is 25.0 Å². The van der Waals surface area contributed by atoms with Crippen LogP contribution in [0.4, 0.5) is 8.78 Å². The van der Waals surface area contributed by atoms with Crippen LogP contribution in [0.1, 0.15) is 5.69 Å². The van der Waals surface area contributed by atoms with Crippen LogP contribution in [0.25, 0.3) is 0 Å². The molecule has 9 heteroatoms. The van der Waals surface area contributed by atoms with Crippen LogP contribution < -0.4 is 5.32 Å². The Morgan fingerprint density at radius 2 is 2.12 bits per heavy atom. The monoisotopic (exact) mass is 341 g/mol. The molecule has 1 aromatic heterocycles. The van der Waals surface area contributed by atoms with Crippen molar-refractivity contribution in [2.75, 3.05) is 40.6 Å². The molecule has 7 nitrogen and oxygen atoms in total. The predicted octanol–water partition coefficient (Wildman–Crippen LogP) is 0.800. The number of methoxy groups -OCH3 is 2. The fourth-order valence-corrected chi connectivity index (χ4v) is 1.98. The molecule has 0 unspecified atom stereocenters. The van der Waals surface area contributed by atoms with Crippen molar-refractivity contribution in [3.8, 4) is 0 Å². The molecule has 0 spiro atoms. The van der Waals surface area contributed by atoms with Crippen molar-refractivity contribution in [1.82, 2.24) is 10.3 Å². The molecule has 2 rings (SSSR count). The summed E-state index contributed by atoms with van der Waals surface area (Å²) in [5, 5.41) is 2.81. The third-order valence-electron chi connectivity index (χ3n) is 3.17. The van der Waals surface area contributed by atoms with Gasteiger partial charge in [-0.15, -0.1) is 0 Å². The van der Waals surface area contributed by atoms with Gasteiger partial charge in [-0.25, -0.2) is 18.6 Å². The van der Waals surface area contributed by atoms with Crippen LogP contribution in [0.2, 0.25) is 0 Å². The first-order valence-corrected chi connectivity index (χ1v) is 7.06. The zero-order chi connectivity index (χ0) is 17.5. The predicted molar refractivity (Wildman–Crippen MR) is 80.4 cm³/mol. The summed E-state index contributed by atoms with van der Waals surface area (Å²) in [6, 6.07) is 0.709. The average Bonchev–Trinajstić information content (AvgIpc) is 2.58. The summed E-state index contributed by atoms with van der Waals surface area (Å²) in [5.41, 5.74) is 0.504. The van der Waals surface area contributed by atoms with Crippen molar-refractivity contribution >= 4 is 11.8 Å². The van der Waals surface area contributed by atoms with E-state index in [2.05, 4.69) is 15.3 Å². The number of carbonyl (C=O) groups excluding carboxylic acids is 1. The fraction of sp³-hybridized carbons (Fsp3) is 0.400. The molecule has 0 saturated heterocycles. The Labute approximate surface area is 137 Å². The van der Waals surface area contributed by atoms with Gasteiger partial charge in [0.15, 0.2) is 11.7 Å². The Morgan fingerprint density at radius 3 is 2.79 bits per heavy atom. The standard InChI is InChI=1S/C15H17F2N3O4/c1-22-3-4-24-8-12-10(15(21)23-2)7-19-14(20-12)13-11(17)5-9(16)6-18-13/h5-6H,3-4,7-8H2,1-2H3,(H,19,20). The molecule has 0 fully saturated rings. The Bertz CT molecular complexity index is 677. The minimum Gasteiger partial charge on any atom is -0.466 e. The molecule has 2 heterocycles. The summed E-state index contributed by atoms with van der Waals surface area (Å²) in [6.45, 7) is 0.716. The lowest BCUT2D eigenvalue weighted by Crippen LogP contribution is -2.35.